The van der Waals surface area contributed by atoms with Crippen LogP contribution < -0.4 is 9.47 Å². The molecule has 1 atom stereocenters. The Labute approximate surface area is 103 Å². The van der Waals surface area contributed by atoms with Crippen LogP contribution in [0, 0.1) is 0 Å². The zero-order valence-electron chi connectivity index (χ0n) is 10.9. The van der Waals surface area contributed by atoms with Crippen molar-refractivity contribution in [3.8, 4) is 11.5 Å². The van der Waals surface area contributed by atoms with Gasteiger partial charge in [0, 0.05) is 12.1 Å². The van der Waals surface area contributed by atoms with Gasteiger partial charge in [-0.2, -0.15) is 0 Å². The van der Waals surface area contributed by atoms with Crippen LogP contribution in [-0.2, 0) is 0 Å². The maximum atomic E-state index is 5.31. The zero-order valence-corrected chi connectivity index (χ0v) is 10.9. The maximum Gasteiger partial charge on any atom is 0.122 e. The molecule has 0 saturated carbocycles. The SMILES string of the molecule is COc1cc(OC)cc(C(C)N2CCCC2)c1. The van der Waals surface area contributed by atoms with Gasteiger partial charge in [0.25, 0.3) is 0 Å². The molecule has 1 fully saturated rings. The van der Waals surface area contributed by atoms with E-state index in [9.17, 15) is 0 Å². The molecule has 2 rings (SSSR count). The van der Waals surface area contributed by atoms with Gasteiger partial charge in [-0.05, 0) is 50.6 Å². The highest BCUT2D eigenvalue weighted by Crippen LogP contribution is 2.30. The number of ether oxygens (including phenoxy) is 2. The van der Waals surface area contributed by atoms with Crippen molar-refractivity contribution in [2.24, 2.45) is 0 Å². The molecule has 1 heterocycles. The summed E-state index contributed by atoms with van der Waals surface area (Å²) in [5.74, 6) is 1.73. The normalized spacial score (nSPS) is 18.1. The molecule has 0 aromatic heterocycles. The van der Waals surface area contributed by atoms with Gasteiger partial charge < -0.3 is 9.47 Å². The summed E-state index contributed by atoms with van der Waals surface area (Å²) in [5, 5.41) is 0. The highest BCUT2D eigenvalue weighted by molar-refractivity contribution is 5.39. The van der Waals surface area contributed by atoms with Crippen molar-refractivity contribution in [1.29, 1.82) is 0 Å². The third kappa shape index (κ3) is 2.72. The average molecular weight is 235 g/mol. The number of benzene rings is 1. The lowest BCUT2D eigenvalue weighted by molar-refractivity contribution is 0.262. The molecular formula is C14H21NO2. The number of likely N-dealkylation sites (tertiary alicyclic amines) is 1. The summed E-state index contributed by atoms with van der Waals surface area (Å²) in [5.41, 5.74) is 1.27. The van der Waals surface area contributed by atoms with E-state index in [-0.39, 0.29) is 0 Å². The van der Waals surface area contributed by atoms with E-state index in [0.717, 1.165) is 11.5 Å². The summed E-state index contributed by atoms with van der Waals surface area (Å²) >= 11 is 0. The summed E-state index contributed by atoms with van der Waals surface area (Å²) in [6.45, 7) is 4.64. The minimum Gasteiger partial charge on any atom is -0.497 e. The van der Waals surface area contributed by atoms with E-state index in [1.165, 1.54) is 31.5 Å². The maximum absolute atomic E-state index is 5.31. The largest absolute Gasteiger partial charge is 0.497 e. The van der Waals surface area contributed by atoms with Crippen molar-refractivity contribution in [2.45, 2.75) is 25.8 Å². The Bertz CT molecular complexity index is 350. The summed E-state index contributed by atoms with van der Waals surface area (Å²) in [6.07, 6.45) is 2.62. The van der Waals surface area contributed by atoms with Gasteiger partial charge in [-0.15, -0.1) is 0 Å². The van der Waals surface area contributed by atoms with E-state index < -0.39 is 0 Å². The summed E-state index contributed by atoms with van der Waals surface area (Å²) in [4.78, 5) is 2.51. The van der Waals surface area contributed by atoms with Crippen molar-refractivity contribution >= 4 is 0 Å². The third-order valence-electron chi connectivity index (χ3n) is 3.54. The van der Waals surface area contributed by atoms with Gasteiger partial charge in [0.05, 0.1) is 14.2 Å². The molecular weight excluding hydrogens is 214 g/mol. The Morgan fingerprint density at radius 3 is 2.00 bits per heavy atom. The zero-order chi connectivity index (χ0) is 12.3. The van der Waals surface area contributed by atoms with Crippen molar-refractivity contribution < 1.29 is 9.47 Å². The molecule has 0 radical (unpaired) electrons. The van der Waals surface area contributed by atoms with Crippen molar-refractivity contribution in [1.82, 2.24) is 4.90 Å². The van der Waals surface area contributed by atoms with Crippen LogP contribution in [0.15, 0.2) is 18.2 Å². The number of hydrogen-bond acceptors (Lipinski definition) is 3. The van der Waals surface area contributed by atoms with Crippen LogP contribution in [0.1, 0.15) is 31.4 Å². The predicted octanol–water partition coefficient (Wildman–Crippen LogP) is 2.86. The number of nitrogens with zero attached hydrogens (tertiary/aromatic N) is 1. The Morgan fingerprint density at radius 2 is 1.53 bits per heavy atom. The molecule has 1 aromatic carbocycles. The van der Waals surface area contributed by atoms with Gasteiger partial charge >= 0.3 is 0 Å². The molecule has 1 unspecified atom stereocenters. The van der Waals surface area contributed by atoms with Crippen molar-refractivity contribution in [3.05, 3.63) is 23.8 Å². The number of rotatable bonds is 4. The summed E-state index contributed by atoms with van der Waals surface area (Å²) < 4.78 is 10.6. The van der Waals surface area contributed by atoms with Crippen molar-refractivity contribution in [3.63, 3.8) is 0 Å². The molecule has 1 aliphatic rings. The topological polar surface area (TPSA) is 21.7 Å². The van der Waals surface area contributed by atoms with Crippen LogP contribution in [0.3, 0.4) is 0 Å². The molecule has 0 spiro atoms. The first-order valence-corrected chi connectivity index (χ1v) is 6.21. The highest BCUT2D eigenvalue weighted by atomic mass is 16.5. The minimum atomic E-state index is 0.432. The molecule has 3 heteroatoms. The first-order chi connectivity index (χ1) is 8.24. The van der Waals surface area contributed by atoms with Crippen LogP contribution in [-0.4, -0.2) is 32.2 Å². The molecule has 17 heavy (non-hydrogen) atoms. The lowest BCUT2D eigenvalue weighted by atomic mass is 10.1. The van der Waals surface area contributed by atoms with E-state index in [1.54, 1.807) is 14.2 Å². The molecule has 0 N–H and O–H groups in total. The van der Waals surface area contributed by atoms with Gasteiger partial charge in [-0.3, -0.25) is 4.90 Å². The Morgan fingerprint density at radius 1 is 1.00 bits per heavy atom. The molecule has 0 aliphatic carbocycles. The molecule has 1 saturated heterocycles. The highest BCUT2D eigenvalue weighted by Gasteiger charge is 2.20. The predicted molar refractivity (Wildman–Crippen MR) is 68.8 cm³/mol. The van der Waals surface area contributed by atoms with Crippen LogP contribution >= 0.6 is 0 Å². The number of hydrogen-bond donors (Lipinski definition) is 0. The molecule has 0 bridgehead atoms. The fraction of sp³-hybridized carbons (Fsp3) is 0.571. The monoisotopic (exact) mass is 235 g/mol. The van der Waals surface area contributed by atoms with Gasteiger partial charge in [0.1, 0.15) is 11.5 Å². The van der Waals surface area contributed by atoms with Gasteiger partial charge in [0.2, 0.25) is 0 Å². The lowest BCUT2D eigenvalue weighted by Crippen LogP contribution is -2.23. The third-order valence-corrected chi connectivity index (χ3v) is 3.54. The second-order valence-corrected chi connectivity index (χ2v) is 4.57. The Balaban J connectivity index is 2.23. The Hall–Kier alpha value is -1.22. The smallest absolute Gasteiger partial charge is 0.122 e. The second kappa shape index (κ2) is 5.41. The first-order valence-electron chi connectivity index (χ1n) is 6.21. The van der Waals surface area contributed by atoms with Crippen LogP contribution in [0.4, 0.5) is 0 Å². The molecule has 94 valence electrons. The fourth-order valence-corrected chi connectivity index (χ4v) is 2.41. The van der Waals surface area contributed by atoms with Crippen molar-refractivity contribution in [2.75, 3.05) is 27.3 Å². The fourth-order valence-electron chi connectivity index (χ4n) is 2.41. The first kappa shape index (κ1) is 12.2. The minimum absolute atomic E-state index is 0.432. The van der Waals surface area contributed by atoms with E-state index in [4.69, 9.17) is 9.47 Å². The van der Waals surface area contributed by atoms with Crippen LogP contribution in [0.2, 0.25) is 0 Å². The van der Waals surface area contributed by atoms with Gasteiger partial charge in [-0.25, -0.2) is 0 Å². The van der Waals surface area contributed by atoms with E-state index >= 15 is 0 Å². The van der Waals surface area contributed by atoms with Crippen LogP contribution in [0.5, 0.6) is 11.5 Å². The summed E-state index contributed by atoms with van der Waals surface area (Å²) in [7, 11) is 3.39. The quantitative estimate of drug-likeness (QED) is 0.801. The van der Waals surface area contributed by atoms with Gasteiger partial charge in [0.15, 0.2) is 0 Å². The average Bonchev–Trinajstić information content (AvgIpc) is 2.91. The van der Waals surface area contributed by atoms with Gasteiger partial charge in [-0.1, -0.05) is 0 Å². The van der Waals surface area contributed by atoms with E-state index in [1.807, 2.05) is 6.07 Å². The molecule has 0 amide bonds. The molecule has 1 aliphatic heterocycles. The summed E-state index contributed by atoms with van der Waals surface area (Å²) in [6, 6.07) is 6.55. The standard InChI is InChI=1S/C14H21NO2/c1-11(15-6-4-5-7-15)12-8-13(16-2)10-14(9-12)17-3/h8-11H,4-7H2,1-3H3. The number of methoxy groups -OCH3 is 2. The Kier molecular flexibility index (Phi) is 3.89. The second-order valence-electron chi connectivity index (χ2n) is 4.57. The van der Waals surface area contributed by atoms with Crippen LogP contribution in [0.25, 0.3) is 0 Å². The lowest BCUT2D eigenvalue weighted by Gasteiger charge is -2.24. The molecule has 3 nitrogen and oxygen atoms in total. The van der Waals surface area contributed by atoms with E-state index in [0.29, 0.717) is 6.04 Å². The molecule has 1 aromatic rings. The van der Waals surface area contributed by atoms with E-state index in [2.05, 4.69) is 24.0 Å².